The van der Waals surface area contributed by atoms with Crippen molar-refractivity contribution in [3.05, 3.63) is 144 Å². The summed E-state index contributed by atoms with van der Waals surface area (Å²) in [5.74, 6) is 0. The van der Waals surface area contributed by atoms with E-state index in [0.717, 1.165) is 28.1 Å². The van der Waals surface area contributed by atoms with Crippen molar-refractivity contribution in [2.24, 2.45) is 10.2 Å². The van der Waals surface area contributed by atoms with Crippen LogP contribution >= 0.6 is 0 Å². The van der Waals surface area contributed by atoms with E-state index in [0.29, 0.717) is 0 Å². The second-order valence-corrected chi connectivity index (χ2v) is 8.47. The minimum atomic E-state index is -0.220. The van der Waals surface area contributed by atoms with Crippen LogP contribution in [-0.4, -0.2) is 12.4 Å². The first kappa shape index (κ1) is 20.9. The van der Waals surface area contributed by atoms with E-state index >= 15 is 0 Å². The number of anilines is 2. The summed E-state index contributed by atoms with van der Waals surface area (Å²) in [5, 5.41) is 16.5. The number of rotatable bonds is 5. The standard InChI is InChI=1S/C31H24N4/c1-4-12-24(13-5-1)22-32-34-29-20-27-18-10-11-19-28(27)21-30(29)35(31(34)26-16-8-3-9-17-26)33-23-25-14-6-2-7-15-25/h1-23,31H. The van der Waals surface area contributed by atoms with E-state index in [9.17, 15) is 0 Å². The Morgan fingerprint density at radius 2 is 0.886 bits per heavy atom. The van der Waals surface area contributed by atoms with Crippen molar-refractivity contribution in [2.75, 3.05) is 10.0 Å². The van der Waals surface area contributed by atoms with Gasteiger partial charge in [-0.15, -0.1) is 0 Å². The minimum absolute atomic E-state index is 0.220. The quantitative estimate of drug-likeness (QED) is 0.263. The zero-order chi connectivity index (χ0) is 23.5. The van der Waals surface area contributed by atoms with Gasteiger partial charge < -0.3 is 0 Å². The first-order valence-electron chi connectivity index (χ1n) is 11.7. The summed E-state index contributed by atoms with van der Waals surface area (Å²) in [6.07, 6.45) is 3.61. The van der Waals surface area contributed by atoms with E-state index in [1.165, 1.54) is 10.8 Å². The van der Waals surface area contributed by atoms with Crippen LogP contribution in [0.3, 0.4) is 0 Å². The fraction of sp³-hybridized carbons (Fsp3) is 0.0323. The highest BCUT2D eigenvalue weighted by Gasteiger charge is 2.37. The number of benzene rings is 5. The van der Waals surface area contributed by atoms with Crippen LogP contribution in [0.4, 0.5) is 11.4 Å². The Hall–Kier alpha value is -4.70. The number of hydrogen-bond donors (Lipinski definition) is 0. The van der Waals surface area contributed by atoms with Gasteiger partial charge in [0.15, 0.2) is 6.17 Å². The molecule has 5 aromatic rings. The van der Waals surface area contributed by atoms with E-state index in [2.05, 4.69) is 94.9 Å². The van der Waals surface area contributed by atoms with Crippen molar-refractivity contribution in [3.63, 3.8) is 0 Å². The van der Waals surface area contributed by atoms with Crippen molar-refractivity contribution in [2.45, 2.75) is 6.17 Å². The van der Waals surface area contributed by atoms with E-state index in [1.54, 1.807) is 0 Å². The van der Waals surface area contributed by atoms with Crippen molar-refractivity contribution in [1.82, 2.24) is 0 Å². The fourth-order valence-electron chi connectivity index (χ4n) is 4.44. The Bertz CT molecular complexity index is 1400. The summed E-state index contributed by atoms with van der Waals surface area (Å²) < 4.78 is 0. The summed E-state index contributed by atoms with van der Waals surface area (Å²) in [5.41, 5.74) is 5.26. The molecule has 0 N–H and O–H groups in total. The molecule has 1 aliphatic rings. The Morgan fingerprint density at radius 1 is 0.486 bits per heavy atom. The molecule has 0 fully saturated rings. The molecule has 1 heterocycles. The van der Waals surface area contributed by atoms with Gasteiger partial charge in [0.1, 0.15) is 0 Å². The van der Waals surface area contributed by atoms with Gasteiger partial charge in [0.05, 0.1) is 23.8 Å². The van der Waals surface area contributed by atoms with Crippen LogP contribution in [0, 0.1) is 0 Å². The average molecular weight is 453 g/mol. The largest absolute Gasteiger partial charge is 0.234 e. The minimum Gasteiger partial charge on any atom is -0.234 e. The number of hydrogen-bond acceptors (Lipinski definition) is 4. The SMILES string of the molecule is C(=NN1c2cc3ccccc3cc2N(N=Cc2ccccc2)C1c1ccccc1)c1ccccc1. The van der Waals surface area contributed by atoms with Crippen LogP contribution in [0.15, 0.2) is 138 Å². The van der Waals surface area contributed by atoms with Crippen molar-refractivity contribution < 1.29 is 0 Å². The van der Waals surface area contributed by atoms with E-state index in [1.807, 2.05) is 54.9 Å². The maximum absolute atomic E-state index is 5.00. The van der Waals surface area contributed by atoms with E-state index < -0.39 is 0 Å². The van der Waals surface area contributed by atoms with Gasteiger partial charge in [-0.3, -0.25) is 0 Å². The zero-order valence-corrected chi connectivity index (χ0v) is 19.1. The normalized spacial score (nSPS) is 15.4. The molecule has 0 aromatic heterocycles. The van der Waals surface area contributed by atoms with Gasteiger partial charge in [0.2, 0.25) is 0 Å². The molecule has 4 heteroatoms. The van der Waals surface area contributed by atoms with Gasteiger partial charge in [0.25, 0.3) is 0 Å². The number of fused-ring (bicyclic) bond motifs is 2. The topological polar surface area (TPSA) is 31.2 Å². The molecule has 6 rings (SSSR count). The first-order chi connectivity index (χ1) is 17.4. The Labute approximate surface area is 205 Å². The van der Waals surface area contributed by atoms with Crippen LogP contribution in [0.2, 0.25) is 0 Å². The monoisotopic (exact) mass is 452 g/mol. The van der Waals surface area contributed by atoms with Crippen LogP contribution < -0.4 is 10.0 Å². The van der Waals surface area contributed by atoms with Gasteiger partial charge in [-0.25, -0.2) is 10.0 Å². The summed E-state index contributed by atoms with van der Waals surface area (Å²) in [6, 6.07) is 43.6. The molecule has 0 saturated carbocycles. The van der Waals surface area contributed by atoms with Gasteiger partial charge in [-0.1, -0.05) is 115 Å². The van der Waals surface area contributed by atoms with Crippen LogP contribution in [0.5, 0.6) is 0 Å². The fourth-order valence-corrected chi connectivity index (χ4v) is 4.44. The molecular weight excluding hydrogens is 428 g/mol. The summed E-state index contributed by atoms with van der Waals surface area (Å²) in [4.78, 5) is 0. The lowest BCUT2D eigenvalue weighted by molar-refractivity contribution is 0.642. The highest BCUT2D eigenvalue weighted by Crippen LogP contribution is 2.48. The predicted octanol–water partition coefficient (Wildman–Crippen LogP) is 7.23. The lowest BCUT2D eigenvalue weighted by Crippen LogP contribution is -2.29. The molecule has 0 atom stereocenters. The molecule has 0 bridgehead atoms. The third-order valence-electron chi connectivity index (χ3n) is 6.16. The Morgan fingerprint density at radius 3 is 1.34 bits per heavy atom. The summed E-state index contributed by atoms with van der Waals surface area (Å²) in [7, 11) is 0. The molecule has 0 spiro atoms. The number of hydrazone groups is 2. The second kappa shape index (κ2) is 9.27. The van der Waals surface area contributed by atoms with Crippen molar-refractivity contribution >= 4 is 34.6 Å². The molecule has 35 heavy (non-hydrogen) atoms. The summed E-state index contributed by atoms with van der Waals surface area (Å²) in [6.45, 7) is 0. The third kappa shape index (κ3) is 4.18. The molecule has 0 unspecified atom stereocenters. The molecule has 4 nitrogen and oxygen atoms in total. The van der Waals surface area contributed by atoms with E-state index in [4.69, 9.17) is 10.2 Å². The van der Waals surface area contributed by atoms with Gasteiger partial charge >= 0.3 is 0 Å². The third-order valence-corrected chi connectivity index (χ3v) is 6.16. The molecule has 0 aliphatic carbocycles. The van der Waals surface area contributed by atoms with Gasteiger partial charge in [-0.2, -0.15) is 10.2 Å². The lowest BCUT2D eigenvalue weighted by Gasteiger charge is -2.27. The zero-order valence-electron chi connectivity index (χ0n) is 19.1. The Kier molecular flexibility index (Phi) is 5.53. The Balaban J connectivity index is 1.53. The average Bonchev–Trinajstić information content (AvgIpc) is 3.23. The highest BCUT2D eigenvalue weighted by atomic mass is 15.7. The van der Waals surface area contributed by atoms with Crippen LogP contribution in [0.25, 0.3) is 10.8 Å². The van der Waals surface area contributed by atoms with Crippen molar-refractivity contribution in [3.8, 4) is 0 Å². The molecular formula is C31H24N4. The smallest absolute Gasteiger partial charge is 0.170 e. The molecule has 1 aliphatic heterocycles. The molecule has 0 saturated heterocycles. The molecule has 0 amide bonds. The van der Waals surface area contributed by atoms with Crippen LogP contribution in [0.1, 0.15) is 22.9 Å². The van der Waals surface area contributed by atoms with E-state index in [-0.39, 0.29) is 6.17 Å². The van der Waals surface area contributed by atoms with Gasteiger partial charge in [0, 0.05) is 0 Å². The summed E-state index contributed by atoms with van der Waals surface area (Å²) >= 11 is 0. The molecule has 0 radical (unpaired) electrons. The lowest BCUT2D eigenvalue weighted by atomic mass is 10.1. The molecule has 168 valence electrons. The second-order valence-electron chi connectivity index (χ2n) is 8.47. The molecule has 5 aromatic carbocycles. The predicted molar refractivity (Wildman–Crippen MR) is 146 cm³/mol. The van der Waals surface area contributed by atoms with Gasteiger partial charge in [-0.05, 0) is 39.6 Å². The maximum atomic E-state index is 5.00. The maximum Gasteiger partial charge on any atom is 0.170 e. The van der Waals surface area contributed by atoms with Crippen molar-refractivity contribution in [1.29, 1.82) is 0 Å². The van der Waals surface area contributed by atoms with Crippen LogP contribution in [-0.2, 0) is 0 Å². The highest BCUT2D eigenvalue weighted by molar-refractivity contribution is 5.96. The number of nitrogens with zero attached hydrogens (tertiary/aromatic N) is 4. The first-order valence-corrected chi connectivity index (χ1v) is 11.7.